The zero-order valence-corrected chi connectivity index (χ0v) is 20.2. The monoisotopic (exact) mass is 474 g/mol. The lowest BCUT2D eigenvalue weighted by Gasteiger charge is -2.37. The van der Waals surface area contributed by atoms with Gasteiger partial charge in [0, 0.05) is 43.3 Å². The van der Waals surface area contributed by atoms with E-state index in [0.29, 0.717) is 28.9 Å². The second-order valence-electron chi connectivity index (χ2n) is 9.54. The fourth-order valence-electron chi connectivity index (χ4n) is 5.46. The minimum absolute atomic E-state index is 0.586. The van der Waals surface area contributed by atoms with Gasteiger partial charge in [-0.05, 0) is 67.7 Å². The van der Waals surface area contributed by atoms with Crippen molar-refractivity contribution in [3.8, 4) is 6.07 Å². The first-order valence-electron chi connectivity index (χ1n) is 12.3. The van der Waals surface area contributed by atoms with Gasteiger partial charge in [0.2, 0.25) is 0 Å². The Labute approximate surface area is 206 Å². The number of hydrogen-bond acceptors (Lipinski definition) is 5. The average molecular weight is 475 g/mol. The Morgan fingerprint density at radius 1 is 1.06 bits per heavy atom. The number of nitrogens with one attached hydrogen (secondary N) is 1. The van der Waals surface area contributed by atoms with Gasteiger partial charge >= 0.3 is 0 Å². The molecule has 1 unspecified atom stereocenters. The van der Waals surface area contributed by atoms with E-state index in [0.717, 1.165) is 60.8 Å². The number of anilines is 2. The summed E-state index contributed by atoms with van der Waals surface area (Å²) in [6, 6.07) is 18.4. The SMILES string of the molecule is N#Cc1c(NCc2ccc(Cl)cc2)nc2ccccc2c1N1CCCC(CC2CCOCC2)C1. The van der Waals surface area contributed by atoms with E-state index < -0.39 is 0 Å². The van der Waals surface area contributed by atoms with Crippen molar-refractivity contribution < 1.29 is 4.74 Å². The summed E-state index contributed by atoms with van der Waals surface area (Å²) in [6.45, 7) is 4.36. The molecule has 2 aromatic carbocycles. The Kier molecular flexibility index (Phi) is 7.18. The van der Waals surface area contributed by atoms with Gasteiger partial charge < -0.3 is 15.0 Å². The lowest BCUT2D eigenvalue weighted by Crippen LogP contribution is -2.37. The molecule has 0 radical (unpaired) electrons. The van der Waals surface area contributed by atoms with Crippen molar-refractivity contribution in [2.45, 2.75) is 38.6 Å². The Hall–Kier alpha value is -2.81. The van der Waals surface area contributed by atoms with Crippen LogP contribution in [0.25, 0.3) is 10.9 Å². The zero-order valence-electron chi connectivity index (χ0n) is 19.5. The molecule has 3 aromatic rings. The molecule has 1 N–H and O–H groups in total. The molecule has 3 heterocycles. The molecule has 6 heteroatoms. The first kappa shape index (κ1) is 23.0. The number of para-hydroxylation sites is 1. The van der Waals surface area contributed by atoms with E-state index in [9.17, 15) is 5.26 Å². The number of aromatic nitrogens is 1. The number of hydrogen-bond donors (Lipinski definition) is 1. The van der Waals surface area contributed by atoms with Crippen LogP contribution in [-0.4, -0.2) is 31.3 Å². The van der Waals surface area contributed by atoms with Crippen LogP contribution in [0.5, 0.6) is 0 Å². The first-order chi connectivity index (χ1) is 16.7. The normalized spacial score (nSPS) is 19.2. The van der Waals surface area contributed by atoms with Crippen LogP contribution in [0, 0.1) is 23.2 Å². The van der Waals surface area contributed by atoms with Crippen molar-refractivity contribution in [2.24, 2.45) is 11.8 Å². The molecule has 2 saturated heterocycles. The number of fused-ring (bicyclic) bond motifs is 1. The van der Waals surface area contributed by atoms with E-state index in [1.54, 1.807) is 0 Å². The Morgan fingerprint density at radius 3 is 2.65 bits per heavy atom. The molecule has 0 spiro atoms. The van der Waals surface area contributed by atoms with E-state index in [1.807, 2.05) is 42.5 Å². The molecule has 0 aliphatic carbocycles. The van der Waals surface area contributed by atoms with Gasteiger partial charge in [-0.15, -0.1) is 0 Å². The van der Waals surface area contributed by atoms with E-state index in [2.05, 4.69) is 22.4 Å². The van der Waals surface area contributed by atoms with Crippen molar-refractivity contribution in [3.63, 3.8) is 0 Å². The van der Waals surface area contributed by atoms with Crippen molar-refractivity contribution in [1.29, 1.82) is 5.26 Å². The van der Waals surface area contributed by atoms with Crippen LogP contribution in [0.2, 0.25) is 5.02 Å². The van der Waals surface area contributed by atoms with E-state index >= 15 is 0 Å². The maximum absolute atomic E-state index is 10.3. The fraction of sp³-hybridized carbons (Fsp3) is 0.429. The van der Waals surface area contributed by atoms with Crippen molar-refractivity contribution in [2.75, 3.05) is 36.5 Å². The summed E-state index contributed by atoms with van der Waals surface area (Å²) in [4.78, 5) is 7.29. The Morgan fingerprint density at radius 2 is 1.85 bits per heavy atom. The summed E-state index contributed by atoms with van der Waals surface area (Å²) >= 11 is 6.03. The predicted molar refractivity (Wildman–Crippen MR) is 138 cm³/mol. The molecule has 34 heavy (non-hydrogen) atoms. The minimum Gasteiger partial charge on any atom is -0.381 e. The molecule has 176 valence electrons. The van der Waals surface area contributed by atoms with Crippen LogP contribution >= 0.6 is 11.6 Å². The van der Waals surface area contributed by atoms with E-state index in [-0.39, 0.29) is 0 Å². The Balaban J connectivity index is 1.44. The molecule has 0 bridgehead atoms. The molecular formula is C28H31ClN4O. The van der Waals surface area contributed by atoms with E-state index in [1.165, 1.54) is 25.7 Å². The van der Waals surface area contributed by atoms with Gasteiger partial charge in [0.15, 0.2) is 0 Å². The first-order valence-corrected chi connectivity index (χ1v) is 12.7. The number of benzene rings is 2. The molecule has 2 aliphatic rings. The molecule has 5 nitrogen and oxygen atoms in total. The second-order valence-corrected chi connectivity index (χ2v) is 9.98. The van der Waals surface area contributed by atoms with Crippen LogP contribution in [0.15, 0.2) is 48.5 Å². The lowest BCUT2D eigenvalue weighted by atomic mass is 9.84. The number of piperidine rings is 1. The Bertz CT molecular complexity index is 1170. The number of halogens is 1. The van der Waals surface area contributed by atoms with Crippen LogP contribution in [0.1, 0.15) is 43.2 Å². The highest BCUT2D eigenvalue weighted by Crippen LogP contribution is 2.38. The highest BCUT2D eigenvalue weighted by atomic mass is 35.5. The summed E-state index contributed by atoms with van der Waals surface area (Å²) in [5.41, 5.74) is 3.68. The van der Waals surface area contributed by atoms with Gasteiger partial charge in [0.1, 0.15) is 17.5 Å². The van der Waals surface area contributed by atoms with Gasteiger partial charge in [-0.3, -0.25) is 0 Å². The van der Waals surface area contributed by atoms with Crippen LogP contribution in [0.3, 0.4) is 0 Å². The summed E-state index contributed by atoms with van der Waals surface area (Å²) in [7, 11) is 0. The summed E-state index contributed by atoms with van der Waals surface area (Å²) in [5.74, 6) is 2.07. The quantitative estimate of drug-likeness (QED) is 0.447. The molecular weight excluding hydrogens is 444 g/mol. The maximum Gasteiger partial charge on any atom is 0.147 e. The average Bonchev–Trinajstić information content (AvgIpc) is 2.88. The topological polar surface area (TPSA) is 61.2 Å². The molecule has 2 aliphatic heterocycles. The third-order valence-corrected chi connectivity index (χ3v) is 7.44. The molecule has 0 saturated carbocycles. The van der Waals surface area contributed by atoms with Crippen LogP contribution < -0.4 is 10.2 Å². The standard InChI is InChI=1S/C28H31ClN4O/c29-23-9-7-21(8-10-23)18-31-28-25(17-30)27(24-5-1-2-6-26(24)32-28)33-13-3-4-22(19-33)16-20-11-14-34-15-12-20/h1-2,5-10,20,22H,3-4,11-16,18-19H2,(H,31,32). The fourth-order valence-corrected chi connectivity index (χ4v) is 5.58. The summed E-state index contributed by atoms with van der Waals surface area (Å²) in [6.07, 6.45) is 6.03. The number of nitriles is 1. The number of nitrogens with zero attached hydrogens (tertiary/aromatic N) is 3. The van der Waals surface area contributed by atoms with Crippen LogP contribution in [-0.2, 0) is 11.3 Å². The zero-order chi connectivity index (χ0) is 23.3. The summed E-state index contributed by atoms with van der Waals surface area (Å²) in [5, 5.41) is 15.5. The molecule has 1 aromatic heterocycles. The second kappa shape index (κ2) is 10.6. The maximum atomic E-state index is 10.3. The minimum atomic E-state index is 0.586. The molecule has 2 fully saturated rings. The highest BCUT2D eigenvalue weighted by molar-refractivity contribution is 6.30. The van der Waals surface area contributed by atoms with Crippen molar-refractivity contribution >= 4 is 34.0 Å². The van der Waals surface area contributed by atoms with E-state index in [4.69, 9.17) is 21.3 Å². The van der Waals surface area contributed by atoms with Gasteiger partial charge in [-0.25, -0.2) is 4.98 Å². The number of pyridine rings is 1. The largest absolute Gasteiger partial charge is 0.381 e. The van der Waals surface area contributed by atoms with Gasteiger partial charge in [-0.1, -0.05) is 41.9 Å². The highest BCUT2D eigenvalue weighted by Gasteiger charge is 2.28. The van der Waals surface area contributed by atoms with Gasteiger partial charge in [0.05, 0.1) is 11.2 Å². The molecule has 0 amide bonds. The van der Waals surface area contributed by atoms with Crippen molar-refractivity contribution in [3.05, 3.63) is 64.7 Å². The third-order valence-electron chi connectivity index (χ3n) is 7.19. The van der Waals surface area contributed by atoms with Gasteiger partial charge in [-0.2, -0.15) is 5.26 Å². The molecule has 1 atom stereocenters. The third kappa shape index (κ3) is 5.14. The van der Waals surface area contributed by atoms with Crippen LogP contribution in [0.4, 0.5) is 11.5 Å². The number of ether oxygens (including phenoxy) is 1. The van der Waals surface area contributed by atoms with Crippen molar-refractivity contribution in [1.82, 2.24) is 4.98 Å². The van der Waals surface area contributed by atoms with Gasteiger partial charge in [0.25, 0.3) is 0 Å². The lowest BCUT2D eigenvalue weighted by molar-refractivity contribution is 0.0577. The smallest absolute Gasteiger partial charge is 0.147 e. The molecule has 5 rings (SSSR count). The summed E-state index contributed by atoms with van der Waals surface area (Å²) < 4.78 is 5.56. The number of rotatable bonds is 6. The predicted octanol–water partition coefficient (Wildman–Crippen LogP) is 6.41.